The molecule has 1 amide bonds. The van der Waals surface area contributed by atoms with E-state index in [0.717, 1.165) is 0 Å². The van der Waals surface area contributed by atoms with Crippen molar-refractivity contribution in [3.8, 4) is 0 Å². The van der Waals surface area contributed by atoms with Gasteiger partial charge in [-0.3, -0.25) is 4.79 Å². The van der Waals surface area contributed by atoms with E-state index in [4.69, 9.17) is 5.11 Å². The largest absolute Gasteiger partial charge is 0.480 e. The van der Waals surface area contributed by atoms with Crippen molar-refractivity contribution in [1.29, 1.82) is 0 Å². The average Bonchev–Trinajstić information content (AvgIpc) is 2.22. The van der Waals surface area contributed by atoms with Crippen LogP contribution in [0.2, 0.25) is 0 Å². The van der Waals surface area contributed by atoms with Crippen molar-refractivity contribution in [2.45, 2.75) is 25.5 Å². The summed E-state index contributed by atoms with van der Waals surface area (Å²) in [5, 5.41) is 19.9. The number of rotatable bonds is 8. The molecule has 0 heterocycles. The first-order valence-corrected chi connectivity index (χ1v) is 6.11. The van der Waals surface area contributed by atoms with Gasteiger partial charge in [-0.25, -0.2) is 4.79 Å². The highest BCUT2D eigenvalue weighted by Gasteiger charge is 2.24. The monoisotopic (exact) mass is 266 g/mol. The van der Waals surface area contributed by atoms with Crippen LogP contribution in [-0.4, -0.2) is 46.2 Å². The predicted octanol–water partition coefficient (Wildman–Crippen LogP) is -0.0943. The van der Waals surface area contributed by atoms with Crippen LogP contribution < -0.4 is 5.32 Å². The van der Waals surface area contributed by atoms with E-state index >= 15 is 0 Å². The standard InChI is InChI=1S/C8H14N2O6S/c1-5(16-10(14)15)7(11)9-6(8(12)13)3-4-17-2/h5-6H,3-4H2,1-2H3,(H,9,11)(H,12,13). The number of amides is 1. The van der Waals surface area contributed by atoms with Gasteiger partial charge >= 0.3 is 5.97 Å². The lowest BCUT2D eigenvalue weighted by Crippen LogP contribution is -2.46. The number of hydrogen-bond acceptors (Lipinski definition) is 6. The lowest BCUT2D eigenvalue weighted by atomic mass is 10.2. The molecule has 0 bridgehead atoms. The third-order valence-electron chi connectivity index (χ3n) is 1.84. The van der Waals surface area contributed by atoms with E-state index in [1.807, 2.05) is 0 Å². The highest BCUT2D eigenvalue weighted by atomic mass is 32.2. The maximum atomic E-state index is 11.3. The average molecular weight is 266 g/mol. The van der Waals surface area contributed by atoms with E-state index < -0.39 is 29.1 Å². The number of nitrogens with one attached hydrogen (secondary N) is 1. The van der Waals surface area contributed by atoms with Gasteiger partial charge in [0.15, 0.2) is 6.10 Å². The predicted molar refractivity (Wildman–Crippen MR) is 60.1 cm³/mol. The summed E-state index contributed by atoms with van der Waals surface area (Å²) in [6.07, 6.45) is 0.716. The Morgan fingerprint density at radius 1 is 1.59 bits per heavy atom. The Hall–Kier alpha value is -1.51. The Morgan fingerprint density at radius 3 is 2.59 bits per heavy atom. The van der Waals surface area contributed by atoms with Gasteiger partial charge < -0.3 is 15.3 Å². The summed E-state index contributed by atoms with van der Waals surface area (Å²) in [6.45, 7) is 1.17. The summed E-state index contributed by atoms with van der Waals surface area (Å²) in [5.74, 6) is -1.45. The second kappa shape index (κ2) is 7.71. The minimum atomic E-state index is -1.33. The van der Waals surface area contributed by atoms with Crippen LogP contribution >= 0.6 is 11.8 Å². The fraction of sp³-hybridized carbons (Fsp3) is 0.750. The topological polar surface area (TPSA) is 119 Å². The normalized spacial score (nSPS) is 13.5. The minimum Gasteiger partial charge on any atom is -0.480 e. The van der Waals surface area contributed by atoms with Gasteiger partial charge in [0.25, 0.3) is 5.09 Å². The molecule has 0 aliphatic heterocycles. The van der Waals surface area contributed by atoms with Crippen LogP contribution in [0.3, 0.4) is 0 Å². The minimum absolute atomic E-state index is 0.243. The van der Waals surface area contributed by atoms with Crippen LogP contribution in [0, 0.1) is 10.1 Å². The first-order valence-electron chi connectivity index (χ1n) is 4.71. The van der Waals surface area contributed by atoms with Crippen molar-refractivity contribution in [3.05, 3.63) is 10.1 Å². The number of carbonyl (C=O) groups excluding carboxylic acids is 1. The smallest absolute Gasteiger partial charge is 0.326 e. The maximum Gasteiger partial charge on any atom is 0.326 e. The molecule has 2 atom stereocenters. The van der Waals surface area contributed by atoms with Gasteiger partial charge in [-0.05, 0) is 25.4 Å². The van der Waals surface area contributed by atoms with Crippen molar-refractivity contribution in [3.63, 3.8) is 0 Å². The SMILES string of the molecule is CSCCC(NC(=O)C(C)O[N+](=O)[O-])C(=O)O. The quantitative estimate of drug-likeness (QED) is 0.465. The Kier molecular flexibility index (Phi) is 7.03. The van der Waals surface area contributed by atoms with Gasteiger partial charge in [0.1, 0.15) is 6.04 Å². The number of thioether (sulfide) groups is 1. The van der Waals surface area contributed by atoms with Crippen molar-refractivity contribution in [2.75, 3.05) is 12.0 Å². The lowest BCUT2D eigenvalue weighted by molar-refractivity contribution is -0.763. The molecule has 9 heteroatoms. The molecule has 0 aliphatic rings. The van der Waals surface area contributed by atoms with Crippen LogP contribution in [0.1, 0.15) is 13.3 Å². The lowest BCUT2D eigenvalue weighted by Gasteiger charge is -2.16. The molecule has 0 aromatic carbocycles. The third-order valence-corrected chi connectivity index (χ3v) is 2.48. The van der Waals surface area contributed by atoms with Gasteiger partial charge in [0.05, 0.1) is 0 Å². The van der Waals surface area contributed by atoms with E-state index in [-0.39, 0.29) is 6.42 Å². The molecule has 2 unspecified atom stereocenters. The van der Waals surface area contributed by atoms with Crippen LogP contribution in [0.4, 0.5) is 0 Å². The van der Waals surface area contributed by atoms with Gasteiger partial charge in [0, 0.05) is 0 Å². The van der Waals surface area contributed by atoms with Crippen LogP contribution in [0.25, 0.3) is 0 Å². The Morgan fingerprint density at radius 2 is 2.18 bits per heavy atom. The third kappa shape index (κ3) is 6.61. The van der Waals surface area contributed by atoms with Crippen molar-refractivity contribution < 1.29 is 24.6 Å². The second-order valence-corrected chi connectivity index (χ2v) is 4.14. The van der Waals surface area contributed by atoms with Crippen molar-refractivity contribution >= 4 is 23.6 Å². The van der Waals surface area contributed by atoms with Gasteiger partial charge in [-0.2, -0.15) is 11.8 Å². The molecule has 8 nitrogen and oxygen atoms in total. The van der Waals surface area contributed by atoms with Gasteiger partial charge in [0.2, 0.25) is 5.91 Å². The van der Waals surface area contributed by atoms with Crippen LogP contribution in [-0.2, 0) is 14.4 Å². The fourth-order valence-electron chi connectivity index (χ4n) is 0.959. The van der Waals surface area contributed by atoms with Gasteiger partial charge in [-0.15, -0.1) is 10.1 Å². The summed E-state index contributed by atoms with van der Waals surface area (Å²) >= 11 is 1.44. The Balaban J connectivity index is 4.29. The molecule has 0 spiro atoms. The first kappa shape index (κ1) is 15.5. The first-order chi connectivity index (χ1) is 7.88. The second-order valence-electron chi connectivity index (χ2n) is 3.15. The summed E-state index contributed by atoms with van der Waals surface area (Å²) in [4.78, 5) is 36.1. The summed E-state index contributed by atoms with van der Waals surface area (Å²) in [5.41, 5.74) is 0. The zero-order valence-corrected chi connectivity index (χ0v) is 10.2. The molecule has 0 aliphatic carbocycles. The Labute approximate surface area is 102 Å². The van der Waals surface area contributed by atoms with E-state index in [9.17, 15) is 19.7 Å². The molecule has 2 N–H and O–H groups in total. The highest BCUT2D eigenvalue weighted by Crippen LogP contribution is 2.02. The molecule has 0 aromatic rings. The molecule has 0 radical (unpaired) electrons. The molecule has 0 aromatic heterocycles. The molecule has 17 heavy (non-hydrogen) atoms. The molecule has 0 saturated heterocycles. The summed E-state index contributed by atoms with van der Waals surface area (Å²) in [6, 6.07) is -1.06. The summed E-state index contributed by atoms with van der Waals surface area (Å²) < 4.78 is 0. The van der Waals surface area contributed by atoms with E-state index in [2.05, 4.69) is 10.2 Å². The van der Waals surface area contributed by atoms with Crippen molar-refractivity contribution in [1.82, 2.24) is 5.32 Å². The zero-order valence-electron chi connectivity index (χ0n) is 9.41. The van der Waals surface area contributed by atoms with E-state index in [1.165, 1.54) is 18.7 Å². The van der Waals surface area contributed by atoms with E-state index in [1.54, 1.807) is 6.26 Å². The van der Waals surface area contributed by atoms with Crippen LogP contribution in [0.5, 0.6) is 0 Å². The molecule has 0 rings (SSSR count). The number of nitrogens with zero attached hydrogens (tertiary/aromatic N) is 1. The van der Waals surface area contributed by atoms with Crippen molar-refractivity contribution in [2.24, 2.45) is 0 Å². The maximum absolute atomic E-state index is 11.3. The molecular formula is C8H14N2O6S. The number of hydrogen-bond donors (Lipinski definition) is 2. The molecule has 98 valence electrons. The Bertz CT molecular complexity index is 298. The molecule has 0 saturated carbocycles. The number of carboxylic acid groups (broad SMARTS) is 1. The van der Waals surface area contributed by atoms with E-state index in [0.29, 0.717) is 5.75 Å². The molecule has 0 fully saturated rings. The number of aliphatic carboxylic acids is 1. The number of carboxylic acids is 1. The molecular weight excluding hydrogens is 252 g/mol. The summed E-state index contributed by atoms with van der Waals surface area (Å²) in [7, 11) is 0. The highest BCUT2D eigenvalue weighted by molar-refractivity contribution is 7.98. The van der Waals surface area contributed by atoms with Gasteiger partial charge in [-0.1, -0.05) is 0 Å². The number of carbonyl (C=O) groups is 2. The van der Waals surface area contributed by atoms with Crippen LogP contribution in [0.15, 0.2) is 0 Å². The zero-order chi connectivity index (χ0) is 13.4. The fourth-order valence-corrected chi connectivity index (χ4v) is 1.43.